The SMILES string of the molecule is Cc1ccc2cc(-c3ccc(F)cc3)n(CC(=O)N3CCCC3)c2c1. The van der Waals surface area contributed by atoms with Crippen molar-refractivity contribution in [1.29, 1.82) is 0 Å². The quantitative estimate of drug-likeness (QED) is 0.697. The maximum atomic E-state index is 13.3. The monoisotopic (exact) mass is 336 g/mol. The molecule has 0 unspecified atom stereocenters. The largest absolute Gasteiger partial charge is 0.341 e. The Morgan fingerprint density at radius 3 is 2.48 bits per heavy atom. The number of rotatable bonds is 3. The van der Waals surface area contributed by atoms with Gasteiger partial charge in [0.1, 0.15) is 12.4 Å². The highest BCUT2D eigenvalue weighted by molar-refractivity contribution is 5.89. The van der Waals surface area contributed by atoms with Crippen LogP contribution in [0.2, 0.25) is 0 Å². The first kappa shape index (κ1) is 15.9. The lowest BCUT2D eigenvalue weighted by Gasteiger charge is -2.18. The van der Waals surface area contributed by atoms with Gasteiger partial charge in [0.2, 0.25) is 5.91 Å². The van der Waals surface area contributed by atoms with Gasteiger partial charge in [-0.1, -0.05) is 12.1 Å². The standard InChI is InChI=1S/C21H21FN2O/c1-15-4-5-17-13-20(16-6-8-18(22)9-7-16)24(19(17)12-15)14-21(25)23-10-2-3-11-23/h4-9,12-13H,2-3,10-11,14H2,1H3. The summed E-state index contributed by atoms with van der Waals surface area (Å²) in [6, 6.07) is 14.8. The highest BCUT2D eigenvalue weighted by Gasteiger charge is 2.20. The molecule has 2 aromatic carbocycles. The first-order chi connectivity index (χ1) is 12.1. The molecule has 25 heavy (non-hydrogen) atoms. The van der Waals surface area contributed by atoms with Crippen molar-refractivity contribution in [2.75, 3.05) is 13.1 Å². The van der Waals surface area contributed by atoms with E-state index >= 15 is 0 Å². The first-order valence-corrected chi connectivity index (χ1v) is 8.75. The number of carbonyl (C=O) groups excluding carboxylic acids is 1. The van der Waals surface area contributed by atoms with E-state index in [1.807, 2.05) is 4.90 Å². The van der Waals surface area contributed by atoms with Crippen molar-refractivity contribution in [2.45, 2.75) is 26.3 Å². The van der Waals surface area contributed by atoms with Crippen molar-refractivity contribution in [3.8, 4) is 11.3 Å². The van der Waals surface area contributed by atoms with Crippen LogP contribution in [-0.4, -0.2) is 28.5 Å². The van der Waals surface area contributed by atoms with Gasteiger partial charge in [-0.05, 0) is 67.3 Å². The van der Waals surface area contributed by atoms with E-state index in [4.69, 9.17) is 0 Å². The number of aromatic nitrogens is 1. The molecule has 1 aromatic heterocycles. The fraction of sp³-hybridized carbons (Fsp3) is 0.286. The maximum Gasteiger partial charge on any atom is 0.242 e. The van der Waals surface area contributed by atoms with E-state index in [1.165, 1.54) is 12.1 Å². The highest BCUT2D eigenvalue weighted by atomic mass is 19.1. The smallest absolute Gasteiger partial charge is 0.242 e. The fourth-order valence-electron chi connectivity index (χ4n) is 3.60. The predicted molar refractivity (Wildman–Crippen MR) is 97.9 cm³/mol. The van der Waals surface area contributed by atoms with E-state index in [1.54, 1.807) is 12.1 Å². The number of fused-ring (bicyclic) bond motifs is 1. The summed E-state index contributed by atoms with van der Waals surface area (Å²) in [7, 11) is 0. The second kappa shape index (κ2) is 6.36. The van der Waals surface area contributed by atoms with Gasteiger partial charge >= 0.3 is 0 Å². The van der Waals surface area contributed by atoms with E-state index in [0.29, 0.717) is 6.54 Å². The Balaban J connectivity index is 1.80. The summed E-state index contributed by atoms with van der Waals surface area (Å²) in [5.74, 6) is -0.102. The molecular formula is C21H21FN2O. The number of hydrogen-bond acceptors (Lipinski definition) is 1. The topological polar surface area (TPSA) is 25.2 Å². The molecule has 3 nitrogen and oxygen atoms in total. The van der Waals surface area contributed by atoms with Crippen molar-refractivity contribution in [3.05, 3.63) is 59.9 Å². The minimum atomic E-state index is -0.254. The Labute approximate surface area is 146 Å². The minimum absolute atomic E-state index is 0.153. The Hall–Kier alpha value is -2.62. The van der Waals surface area contributed by atoms with Gasteiger partial charge in [0.05, 0.1) is 0 Å². The number of hydrogen-bond donors (Lipinski definition) is 0. The van der Waals surface area contributed by atoms with E-state index < -0.39 is 0 Å². The van der Waals surface area contributed by atoms with Gasteiger partial charge in [-0.15, -0.1) is 0 Å². The van der Waals surface area contributed by atoms with Crippen LogP contribution in [0.3, 0.4) is 0 Å². The molecule has 1 aliphatic rings. The van der Waals surface area contributed by atoms with Crippen LogP contribution in [0.15, 0.2) is 48.5 Å². The lowest BCUT2D eigenvalue weighted by molar-refractivity contribution is -0.130. The van der Waals surface area contributed by atoms with Gasteiger partial charge in [-0.3, -0.25) is 4.79 Å². The normalized spacial score (nSPS) is 14.4. The van der Waals surface area contributed by atoms with E-state index in [-0.39, 0.29) is 11.7 Å². The summed E-state index contributed by atoms with van der Waals surface area (Å²) < 4.78 is 15.4. The molecule has 0 atom stereocenters. The number of aryl methyl sites for hydroxylation is 1. The van der Waals surface area contributed by atoms with E-state index in [9.17, 15) is 9.18 Å². The molecular weight excluding hydrogens is 315 g/mol. The van der Waals surface area contributed by atoms with Gasteiger partial charge in [0.25, 0.3) is 0 Å². The Bertz CT molecular complexity index is 921. The van der Waals surface area contributed by atoms with Crippen LogP contribution in [-0.2, 0) is 11.3 Å². The third-order valence-corrected chi connectivity index (χ3v) is 4.95. The van der Waals surface area contributed by atoms with Crippen LogP contribution >= 0.6 is 0 Å². The Morgan fingerprint density at radius 2 is 1.76 bits per heavy atom. The molecule has 0 spiro atoms. The van der Waals surface area contributed by atoms with Gasteiger partial charge in [0.15, 0.2) is 0 Å². The average molecular weight is 336 g/mol. The molecule has 3 aromatic rings. The summed E-state index contributed by atoms with van der Waals surface area (Å²) in [5.41, 5.74) is 4.08. The zero-order valence-electron chi connectivity index (χ0n) is 14.3. The van der Waals surface area contributed by atoms with Crippen LogP contribution in [0, 0.1) is 12.7 Å². The van der Waals surface area contributed by atoms with Crippen LogP contribution in [0.1, 0.15) is 18.4 Å². The third-order valence-electron chi connectivity index (χ3n) is 4.95. The molecule has 1 saturated heterocycles. The molecule has 1 fully saturated rings. The average Bonchev–Trinajstić information content (AvgIpc) is 3.24. The molecule has 1 aliphatic heterocycles. The van der Waals surface area contributed by atoms with Crippen molar-refractivity contribution in [1.82, 2.24) is 9.47 Å². The Kier molecular flexibility index (Phi) is 4.04. The van der Waals surface area contributed by atoms with Crippen molar-refractivity contribution in [2.24, 2.45) is 0 Å². The molecule has 128 valence electrons. The van der Waals surface area contributed by atoms with Crippen molar-refractivity contribution < 1.29 is 9.18 Å². The minimum Gasteiger partial charge on any atom is -0.341 e. The predicted octanol–water partition coefficient (Wildman–Crippen LogP) is 4.38. The second-order valence-corrected chi connectivity index (χ2v) is 6.77. The molecule has 0 saturated carbocycles. The summed E-state index contributed by atoms with van der Waals surface area (Å²) in [6.07, 6.45) is 2.17. The molecule has 1 amide bonds. The second-order valence-electron chi connectivity index (χ2n) is 6.77. The fourth-order valence-corrected chi connectivity index (χ4v) is 3.60. The Morgan fingerprint density at radius 1 is 1.04 bits per heavy atom. The molecule has 0 radical (unpaired) electrons. The first-order valence-electron chi connectivity index (χ1n) is 8.75. The number of benzene rings is 2. The van der Waals surface area contributed by atoms with Gasteiger partial charge in [0, 0.05) is 29.7 Å². The molecule has 0 N–H and O–H groups in total. The number of nitrogens with zero attached hydrogens (tertiary/aromatic N) is 2. The van der Waals surface area contributed by atoms with Crippen LogP contribution in [0.25, 0.3) is 22.2 Å². The number of amides is 1. The lowest BCUT2D eigenvalue weighted by Crippen LogP contribution is -2.31. The van der Waals surface area contributed by atoms with E-state index in [0.717, 1.165) is 53.7 Å². The molecule has 4 rings (SSSR count). The van der Waals surface area contributed by atoms with Crippen LogP contribution in [0.4, 0.5) is 4.39 Å². The number of likely N-dealkylation sites (tertiary alicyclic amines) is 1. The summed E-state index contributed by atoms with van der Waals surface area (Å²) in [5, 5.41) is 1.10. The summed E-state index contributed by atoms with van der Waals surface area (Å²) >= 11 is 0. The maximum absolute atomic E-state index is 13.3. The molecule has 4 heteroatoms. The van der Waals surface area contributed by atoms with Crippen molar-refractivity contribution >= 4 is 16.8 Å². The van der Waals surface area contributed by atoms with Crippen LogP contribution < -0.4 is 0 Å². The van der Waals surface area contributed by atoms with E-state index in [2.05, 4.69) is 35.8 Å². The summed E-state index contributed by atoms with van der Waals surface area (Å²) in [4.78, 5) is 14.7. The summed E-state index contributed by atoms with van der Waals surface area (Å²) in [6.45, 7) is 4.07. The van der Waals surface area contributed by atoms with Gasteiger partial charge < -0.3 is 9.47 Å². The highest BCUT2D eigenvalue weighted by Crippen LogP contribution is 2.29. The molecule has 0 bridgehead atoms. The zero-order chi connectivity index (χ0) is 17.4. The molecule has 2 heterocycles. The molecule has 0 aliphatic carbocycles. The number of carbonyl (C=O) groups is 1. The van der Waals surface area contributed by atoms with Crippen LogP contribution in [0.5, 0.6) is 0 Å². The third kappa shape index (κ3) is 3.04. The number of halogens is 1. The van der Waals surface area contributed by atoms with Gasteiger partial charge in [-0.2, -0.15) is 0 Å². The zero-order valence-corrected chi connectivity index (χ0v) is 14.3. The van der Waals surface area contributed by atoms with Crippen molar-refractivity contribution in [3.63, 3.8) is 0 Å². The lowest BCUT2D eigenvalue weighted by atomic mass is 10.1. The van der Waals surface area contributed by atoms with Gasteiger partial charge in [-0.25, -0.2) is 4.39 Å².